The molecule has 2 fully saturated rings. The molecule has 2 rings (SSSR count). The second kappa shape index (κ2) is 2.35. The second-order valence-corrected chi connectivity index (χ2v) is 3.34. The molecule has 0 saturated carbocycles. The molecule has 0 aliphatic carbocycles. The molecule has 1 atom stereocenters. The van der Waals surface area contributed by atoms with Crippen LogP contribution in [0.3, 0.4) is 0 Å². The molecule has 2 aliphatic rings. The van der Waals surface area contributed by atoms with E-state index in [0.717, 1.165) is 32.0 Å². The van der Waals surface area contributed by atoms with E-state index in [-0.39, 0.29) is 0 Å². The Morgan fingerprint density at radius 1 is 1.40 bits per heavy atom. The molecule has 10 heavy (non-hydrogen) atoms. The summed E-state index contributed by atoms with van der Waals surface area (Å²) in [6.45, 7) is 1.90. The Morgan fingerprint density at radius 3 is 3.20 bits per heavy atom. The van der Waals surface area contributed by atoms with Gasteiger partial charge < -0.3 is 0 Å². The minimum absolute atomic E-state index is 0.443. The summed E-state index contributed by atoms with van der Waals surface area (Å²) in [5, 5.41) is 0. The highest BCUT2D eigenvalue weighted by atomic mass is 16.1. The van der Waals surface area contributed by atoms with Crippen molar-refractivity contribution in [3.05, 3.63) is 0 Å². The molecule has 0 bridgehead atoms. The number of hydrogen-bond acceptors (Lipinski definition) is 2. The zero-order valence-electron chi connectivity index (χ0n) is 6.18. The summed E-state index contributed by atoms with van der Waals surface area (Å²) >= 11 is 0. The fourth-order valence-electron chi connectivity index (χ4n) is 2.06. The Morgan fingerprint density at radius 2 is 2.30 bits per heavy atom. The molecule has 2 aliphatic heterocycles. The minimum atomic E-state index is 0.443. The van der Waals surface area contributed by atoms with Crippen LogP contribution in [0.5, 0.6) is 0 Å². The molecule has 2 nitrogen and oxygen atoms in total. The maximum Gasteiger partial charge on any atom is 0.146 e. The summed E-state index contributed by atoms with van der Waals surface area (Å²) in [6, 6.07) is 0.762. The highest BCUT2D eigenvalue weighted by Crippen LogP contribution is 2.24. The Kier molecular flexibility index (Phi) is 1.49. The molecular formula is C8H13NO. The van der Waals surface area contributed by atoms with Crippen molar-refractivity contribution in [3.8, 4) is 0 Å². The Bertz CT molecular complexity index is 155. The zero-order chi connectivity index (χ0) is 6.97. The van der Waals surface area contributed by atoms with Crippen LogP contribution >= 0.6 is 0 Å². The van der Waals surface area contributed by atoms with E-state index in [0.29, 0.717) is 5.78 Å². The van der Waals surface area contributed by atoms with Crippen molar-refractivity contribution >= 4 is 5.78 Å². The third-order valence-electron chi connectivity index (χ3n) is 2.63. The van der Waals surface area contributed by atoms with Crippen LogP contribution in [0.25, 0.3) is 0 Å². The third-order valence-corrected chi connectivity index (χ3v) is 2.63. The molecule has 0 aromatic carbocycles. The van der Waals surface area contributed by atoms with Gasteiger partial charge in [0.15, 0.2) is 0 Å². The third kappa shape index (κ3) is 0.966. The molecule has 0 N–H and O–H groups in total. The van der Waals surface area contributed by atoms with Gasteiger partial charge in [0, 0.05) is 12.5 Å². The molecule has 56 valence electrons. The van der Waals surface area contributed by atoms with Gasteiger partial charge in [0.05, 0.1) is 6.54 Å². The van der Waals surface area contributed by atoms with E-state index in [1.165, 1.54) is 12.8 Å². The first-order valence-electron chi connectivity index (χ1n) is 4.12. The summed E-state index contributed by atoms with van der Waals surface area (Å²) in [4.78, 5) is 13.3. The molecule has 0 aromatic rings. The molecule has 2 heterocycles. The molecule has 1 unspecified atom stereocenters. The first-order chi connectivity index (χ1) is 4.86. The maximum atomic E-state index is 11.0. The topological polar surface area (TPSA) is 20.3 Å². The summed E-state index contributed by atoms with van der Waals surface area (Å²) in [6.07, 6.45) is 4.59. The summed E-state index contributed by atoms with van der Waals surface area (Å²) in [5.74, 6) is 0.443. The van der Waals surface area contributed by atoms with Gasteiger partial charge in [-0.1, -0.05) is 0 Å². The van der Waals surface area contributed by atoms with E-state index in [9.17, 15) is 4.79 Å². The Hall–Kier alpha value is -0.370. The predicted molar refractivity (Wildman–Crippen MR) is 38.8 cm³/mol. The van der Waals surface area contributed by atoms with Crippen LogP contribution in [-0.2, 0) is 4.79 Å². The highest BCUT2D eigenvalue weighted by molar-refractivity contribution is 5.81. The lowest BCUT2D eigenvalue weighted by atomic mass is 10.0. The Labute approximate surface area is 61.2 Å². The first-order valence-corrected chi connectivity index (χ1v) is 4.12. The monoisotopic (exact) mass is 139 g/mol. The second-order valence-electron chi connectivity index (χ2n) is 3.34. The standard InChI is InChI=1S/C8H13NO/c10-8-4-3-7-2-1-5-9(7)6-8/h7H,1-6H2. The highest BCUT2D eigenvalue weighted by Gasteiger charge is 2.29. The number of carbonyl (C=O) groups is 1. The number of hydrogen-bond donors (Lipinski definition) is 0. The van der Waals surface area contributed by atoms with Gasteiger partial charge in [0.1, 0.15) is 5.78 Å². The van der Waals surface area contributed by atoms with Crippen LogP contribution in [0.2, 0.25) is 0 Å². The van der Waals surface area contributed by atoms with Crippen molar-refractivity contribution in [2.75, 3.05) is 13.1 Å². The first kappa shape index (κ1) is 6.35. The van der Waals surface area contributed by atoms with Crippen molar-refractivity contribution in [2.45, 2.75) is 31.7 Å². The van der Waals surface area contributed by atoms with Crippen LogP contribution in [-0.4, -0.2) is 29.8 Å². The van der Waals surface area contributed by atoms with Gasteiger partial charge in [-0.15, -0.1) is 0 Å². The van der Waals surface area contributed by atoms with E-state index in [1.807, 2.05) is 0 Å². The van der Waals surface area contributed by atoms with E-state index < -0.39 is 0 Å². The van der Waals surface area contributed by atoms with Crippen molar-refractivity contribution < 1.29 is 4.79 Å². The van der Waals surface area contributed by atoms with E-state index in [2.05, 4.69) is 4.90 Å². The lowest BCUT2D eigenvalue weighted by molar-refractivity contribution is -0.122. The number of Topliss-reactive ketones (excluding diaryl/α,β-unsaturated/α-hetero) is 1. The largest absolute Gasteiger partial charge is 0.298 e. The van der Waals surface area contributed by atoms with Crippen molar-refractivity contribution in [1.82, 2.24) is 4.90 Å². The van der Waals surface area contributed by atoms with Crippen LogP contribution in [0.4, 0.5) is 0 Å². The molecule has 0 radical (unpaired) electrons. The van der Waals surface area contributed by atoms with Crippen molar-refractivity contribution in [2.24, 2.45) is 0 Å². The summed E-state index contributed by atoms with van der Waals surface area (Å²) < 4.78 is 0. The Balaban J connectivity index is 2.03. The minimum Gasteiger partial charge on any atom is -0.298 e. The molecule has 0 spiro atoms. The van der Waals surface area contributed by atoms with Crippen molar-refractivity contribution in [3.63, 3.8) is 0 Å². The predicted octanol–water partition coefficient (Wildman–Crippen LogP) is 0.814. The zero-order valence-corrected chi connectivity index (χ0v) is 6.18. The fourth-order valence-corrected chi connectivity index (χ4v) is 2.06. The quantitative estimate of drug-likeness (QED) is 0.495. The van der Waals surface area contributed by atoms with E-state index in [4.69, 9.17) is 0 Å². The van der Waals surface area contributed by atoms with Crippen molar-refractivity contribution in [1.29, 1.82) is 0 Å². The fraction of sp³-hybridized carbons (Fsp3) is 0.875. The molecule has 0 amide bonds. The molecular weight excluding hydrogens is 126 g/mol. The number of piperidine rings is 1. The van der Waals surface area contributed by atoms with Gasteiger partial charge in [0.25, 0.3) is 0 Å². The maximum absolute atomic E-state index is 11.0. The van der Waals surface area contributed by atoms with Crippen LogP contribution in [0.1, 0.15) is 25.7 Å². The van der Waals surface area contributed by atoms with Gasteiger partial charge >= 0.3 is 0 Å². The average Bonchev–Trinajstić information content (AvgIpc) is 2.33. The lowest BCUT2D eigenvalue weighted by Gasteiger charge is -2.27. The smallest absolute Gasteiger partial charge is 0.146 e. The SMILES string of the molecule is O=C1CCC2CCCN2C1. The molecule has 0 aromatic heterocycles. The van der Waals surface area contributed by atoms with Gasteiger partial charge in [-0.25, -0.2) is 0 Å². The number of rotatable bonds is 0. The molecule has 2 heteroatoms. The van der Waals surface area contributed by atoms with Gasteiger partial charge in [0.2, 0.25) is 0 Å². The van der Waals surface area contributed by atoms with Crippen LogP contribution in [0, 0.1) is 0 Å². The average molecular weight is 139 g/mol. The summed E-state index contributed by atoms with van der Waals surface area (Å²) in [7, 11) is 0. The molecule has 2 saturated heterocycles. The summed E-state index contributed by atoms with van der Waals surface area (Å²) in [5.41, 5.74) is 0. The lowest BCUT2D eigenvalue weighted by Crippen LogP contribution is -2.39. The van der Waals surface area contributed by atoms with Crippen LogP contribution in [0.15, 0.2) is 0 Å². The number of ketones is 1. The van der Waals surface area contributed by atoms with Crippen LogP contribution < -0.4 is 0 Å². The number of fused-ring (bicyclic) bond motifs is 1. The van der Waals surface area contributed by atoms with Gasteiger partial charge in [-0.2, -0.15) is 0 Å². The number of carbonyl (C=O) groups excluding carboxylic acids is 1. The van der Waals surface area contributed by atoms with Gasteiger partial charge in [-0.05, 0) is 25.8 Å². The van der Waals surface area contributed by atoms with E-state index in [1.54, 1.807) is 0 Å². The van der Waals surface area contributed by atoms with Gasteiger partial charge in [-0.3, -0.25) is 9.69 Å². The van der Waals surface area contributed by atoms with E-state index >= 15 is 0 Å². The normalized spacial score (nSPS) is 34.4. The number of nitrogens with zero attached hydrogens (tertiary/aromatic N) is 1.